The highest BCUT2D eigenvalue weighted by molar-refractivity contribution is 7.99. The van der Waals surface area contributed by atoms with Crippen LogP contribution in [-0.4, -0.2) is 22.6 Å². The molecule has 3 rings (SSSR count). The van der Waals surface area contributed by atoms with Crippen molar-refractivity contribution in [2.24, 2.45) is 5.73 Å². The van der Waals surface area contributed by atoms with Crippen molar-refractivity contribution in [3.8, 4) is 0 Å². The number of nitrogens with two attached hydrogens (primary N) is 1. The number of hydrogen-bond donors (Lipinski definition) is 2. The molecule has 3 N–H and O–H groups in total. The number of nitrogens with one attached hydrogen (secondary N) is 1. The molecule has 0 spiro atoms. The van der Waals surface area contributed by atoms with Gasteiger partial charge in [0.2, 0.25) is 5.91 Å². The summed E-state index contributed by atoms with van der Waals surface area (Å²) in [6.45, 7) is 0. The first kappa shape index (κ1) is 17.9. The van der Waals surface area contributed by atoms with Crippen molar-refractivity contribution in [3.05, 3.63) is 46.1 Å². The Labute approximate surface area is 155 Å². The van der Waals surface area contributed by atoms with Gasteiger partial charge < -0.3 is 11.1 Å². The van der Waals surface area contributed by atoms with Crippen LogP contribution in [0.2, 0.25) is 0 Å². The number of thioether (sulfide) groups is 1. The molecule has 0 bridgehead atoms. The average molecular weight is 376 g/mol. The van der Waals surface area contributed by atoms with Crippen molar-refractivity contribution in [2.75, 3.05) is 11.1 Å². The summed E-state index contributed by atoms with van der Waals surface area (Å²) >= 11 is 3.01. The lowest BCUT2D eigenvalue weighted by Crippen LogP contribution is -2.19. The highest BCUT2D eigenvalue weighted by Crippen LogP contribution is 2.37. The normalized spacial score (nSPS) is 13.8. The van der Waals surface area contributed by atoms with Crippen LogP contribution in [-0.2, 0) is 23.4 Å². The quantitative estimate of drug-likeness (QED) is 0.758. The summed E-state index contributed by atoms with van der Waals surface area (Å²) in [4.78, 5) is 29.6. The van der Waals surface area contributed by atoms with E-state index in [0.717, 1.165) is 36.9 Å². The first-order chi connectivity index (χ1) is 12.1. The van der Waals surface area contributed by atoms with Gasteiger partial charge in [-0.25, -0.2) is 0 Å². The van der Waals surface area contributed by atoms with E-state index in [-0.39, 0.29) is 5.91 Å². The van der Waals surface area contributed by atoms with Gasteiger partial charge in [0.1, 0.15) is 5.00 Å². The minimum Gasteiger partial charge on any atom is -0.365 e. The second-order valence-electron chi connectivity index (χ2n) is 5.99. The molecule has 1 aliphatic rings. The van der Waals surface area contributed by atoms with E-state index in [9.17, 15) is 9.59 Å². The zero-order valence-corrected chi connectivity index (χ0v) is 15.5. The minimum absolute atomic E-state index is 0.111. The monoisotopic (exact) mass is 375 g/mol. The number of anilines is 1. The third-order valence-corrected chi connectivity index (χ3v) is 6.30. The van der Waals surface area contributed by atoms with Crippen LogP contribution in [0.1, 0.15) is 45.8 Å². The molecule has 25 heavy (non-hydrogen) atoms. The second-order valence-corrected chi connectivity index (χ2v) is 8.09. The van der Waals surface area contributed by atoms with Crippen molar-refractivity contribution in [1.82, 2.24) is 4.98 Å². The van der Waals surface area contributed by atoms with Gasteiger partial charge in [0.05, 0.1) is 17.0 Å². The molecule has 5 nitrogen and oxygen atoms in total. The van der Waals surface area contributed by atoms with E-state index in [1.54, 1.807) is 6.20 Å². The van der Waals surface area contributed by atoms with E-state index in [0.29, 0.717) is 22.1 Å². The Hall–Kier alpha value is -1.86. The number of aryl methyl sites for hydroxylation is 1. The van der Waals surface area contributed by atoms with Gasteiger partial charge in [0.25, 0.3) is 5.91 Å². The van der Waals surface area contributed by atoms with Gasteiger partial charge in [-0.1, -0.05) is 12.5 Å². The maximum Gasteiger partial charge on any atom is 0.251 e. The van der Waals surface area contributed by atoms with Crippen molar-refractivity contribution < 1.29 is 9.59 Å². The average Bonchev–Trinajstić information content (AvgIpc) is 2.77. The van der Waals surface area contributed by atoms with Crippen molar-refractivity contribution in [3.63, 3.8) is 0 Å². The Balaban J connectivity index is 1.63. The summed E-state index contributed by atoms with van der Waals surface area (Å²) in [7, 11) is 0. The van der Waals surface area contributed by atoms with E-state index in [1.165, 1.54) is 34.4 Å². The maximum absolute atomic E-state index is 12.3. The van der Waals surface area contributed by atoms with Gasteiger partial charge in [-0.05, 0) is 43.4 Å². The minimum atomic E-state index is -0.448. The summed E-state index contributed by atoms with van der Waals surface area (Å²) in [6, 6.07) is 5.74. The zero-order valence-electron chi connectivity index (χ0n) is 13.9. The van der Waals surface area contributed by atoms with Gasteiger partial charge in [0, 0.05) is 16.8 Å². The Morgan fingerprint density at radius 1 is 1.24 bits per heavy atom. The number of nitrogens with zero attached hydrogens (tertiary/aromatic N) is 1. The number of amides is 2. The van der Waals surface area contributed by atoms with E-state index in [4.69, 9.17) is 5.73 Å². The molecule has 7 heteroatoms. The van der Waals surface area contributed by atoms with Gasteiger partial charge >= 0.3 is 0 Å². The molecule has 0 aliphatic heterocycles. The zero-order chi connectivity index (χ0) is 17.6. The summed E-state index contributed by atoms with van der Waals surface area (Å²) < 4.78 is 0. The Kier molecular flexibility index (Phi) is 6.09. The van der Waals surface area contributed by atoms with Crippen LogP contribution in [0.5, 0.6) is 0 Å². The molecule has 0 atom stereocenters. The number of aromatic nitrogens is 1. The molecule has 2 aromatic heterocycles. The first-order valence-electron chi connectivity index (χ1n) is 8.37. The number of hydrogen-bond acceptors (Lipinski definition) is 5. The van der Waals surface area contributed by atoms with Crippen LogP contribution in [0.25, 0.3) is 0 Å². The molecule has 2 amide bonds. The smallest absolute Gasteiger partial charge is 0.251 e. The fourth-order valence-corrected chi connectivity index (χ4v) is 5.04. The largest absolute Gasteiger partial charge is 0.365 e. The van der Waals surface area contributed by atoms with Crippen molar-refractivity contribution in [1.29, 1.82) is 0 Å². The Morgan fingerprint density at radius 2 is 2.08 bits per heavy atom. The third kappa shape index (κ3) is 4.61. The molecule has 0 aromatic carbocycles. The number of carbonyl (C=O) groups excluding carboxylic acids is 2. The van der Waals surface area contributed by atoms with Gasteiger partial charge in [-0.3, -0.25) is 14.6 Å². The predicted molar refractivity (Wildman–Crippen MR) is 103 cm³/mol. The summed E-state index contributed by atoms with van der Waals surface area (Å²) in [5.74, 6) is 0.436. The van der Waals surface area contributed by atoms with Gasteiger partial charge in [0.15, 0.2) is 0 Å². The molecular formula is C18H21N3O2S2. The molecule has 132 valence electrons. The Bertz CT molecular complexity index is 759. The molecule has 2 heterocycles. The molecule has 0 unspecified atom stereocenters. The molecular weight excluding hydrogens is 354 g/mol. The molecule has 0 radical (unpaired) electrons. The van der Waals surface area contributed by atoms with Crippen LogP contribution in [0.4, 0.5) is 5.00 Å². The topological polar surface area (TPSA) is 85.1 Å². The van der Waals surface area contributed by atoms with Gasteiger partial charge in [-0.15, -0.1) is 23.1 Å². The van der Waals surface area contributed by atoms with E-state index >= 15 is 0 Å². The summed E-state index contributed by atoms with van der Waals surface area (Å²) in [5, 5.41) is 3.51. The maximum atomic E-state index is 12.3. The van der Waals surface area contributed by atoms with Crippen LogP contribution in [0, 0.1) is 0 Å². The molecule has 0 saturated carbocycles. The molecule has 0 fully saturated rings. The van der Waals surface area contributed by atoms with Crippen LogP contribution in [0.3, 0.4) is 0 Å². The summed E-state index contributed by atoms with van der Waals surface area (Å²) in [6.07, 6.45) is 6.94. The number of rotatable bonds is 6. The highest BCUT2D eigenvalue weighted by atomic mass is 32.2. The fraction of sp³-hybridized carbons (Fsp3) is 0.389. The molecule has 1 aliphatic carbocycles. The standard InChI is InChI=1S/C18H21N3O2S2/c19-17(23)16-13-7-2-1-3-8-14(13)25-18(16)21-15(22)11-24-10-12-6-4-5-9-20-12/h4-6,9H,1-3,7-8,10-11H2,(H2,19,23)(H,21,22). The van der Waals surface area contributed by atoms with Gasteiger partial charge in [-0.2, -0.15) is 0 Å². The first-order valence-corrected chi connectivity index (χ1v) is 10.3. The lowest BCUT2D eigenvalue weighted by molar-refractivity contribution is -0.113. The number of primary amides is 1. The lowest BCUT2D eigenvalue weighted by Gasteiger charge is -2.06. The van der Waals surface area contributed by atoms with E-state index in [1.807, 2.05) is 18.2 Å². The highest BCUT2D eigenvalue weighted by Gasteiger charge is 2.24. The van der Waals surface area contributed by atoms with E-state index < -0.39 is 5.91 Å². The van der Waals surface area contributed by atoms with Crippen LogP contribution < -0.4 is 11.1 Å². The number of thiophene rings is 1. The number of carbonyl (C=O) groups is 2. The lowest BCUT2D eigenvalue weighted by atomic mass is 10.1. The van der Waals surface area contributed by atoms with Crippen LogP contribution >= 0.6 is 23.1 Å². The molecule has 2 aromatic rings. The summed E-state index contributed by atoms with van der Waals surface area (Å²) in [5.41, 5.74) is 8.10. The SMILES string of the molecule is NC(=O)c1c(NC(=O)CSCc2ccccn2)sc2c1CCCCC2. The van der Waals surface area contributed by atoms with Crippen LogP contribution in [0.15, 0.2) is 24.4 Å². The van der Waals surface area contributed by atoms with Crippen molar-refractivity contribution >= 4 is 39.9 Å². The van der Waals surface area contributed by atoms with E-state index in [2.05, 4.69) is 10.3 Å². The second kappa shape index (κ2) is 8.49. The third-order valence-electron chi connectivity index (χ3n) is 4.13. The Morgan fingerprint density at radius 3 is 2.84 bits per heavy atom. The number of pyridine rings is 1. The molecule has 0 saturated heterocycles. The fourth-order valence-electron chi connectivity index (χ4n) is 2.99. The van der Waals surface area contributed by atoms with Crippen molar-refractivity contribution in [2.45, 2.75) is 37.9 Å². The predicted octanol–water partition coefficient (Wildman–Crippen LogP) is 3.38. The number of fused-ring (bicyclic) bond motifs is 1.